The summed E-state index contributed by atoms with van der Waals surface area (Å²) in [4.78, 5) is 24.7. The molecule has 2 fully saturated rings. The largest absolute Gasteiger partial charge is 0.495 e. The van der Waals surface area contributed by atoms with E-state index in [-0.39, 0.29) is 17.7 Å². The lowest BCUT2D eigenvalue weighted by Crippen LogP contribution is -2.48. The van der Waals surface area contributed by atoms with E-state index < -0.39 is 17.8 Å². The van der Waals surface area contributed by atoms with Crippen LogP contribution in [0.3, 0.4) is 0 Å². The molecular weight excluding hydrogens is 330 g/mol. The maximum Gasteiger partial charge on any atom is 0.307 e. The molecule has 5 rings (SSSR count). The number of methoxy groups -OCH3 is 1. The summed E-state index contributed by atoms with van der Waals surface area (Å²) in [5.74, 6) is -1.01. The zero-order valence-corrected chi connectivity index (χ0v) is 13.9. The number of benzene rings is 1. The normalized spacial score (nSPS) is 35.2. The molecule has 0 aliphatic heterocycles. The fourth-order valence-corrected chi connectivity index (χ4v) is 4.74. The topological polar surface area (TPSA) is 75.6 Å². The molecule has 0 heterocycles. The smallest absolute Gasteiger partial charge is 0.307 e. The van der Waals surface area contributed by atoms with E-state index in [4.69, 9.17) is 16.3 Å². The van der Waals surface area contributed by atoms with Crippen molar-refractivity contribution in [1.29, 1.82) is 0 Å². The molecular formula is C18H18ClNO4. The van der Waals surface area contributed by atoms with E-state index in [9.17, 15) is 14.7 Å². The molecule has 2 saturated carbocycles. The summed E-state index contributed by atoms with van der Waals surface area (Å²) in [7, 11) is 1.51. The maximum atomic E-state index is 12.9. The van der Waals surface area contributed by atoms with Crippen LogP contribution in [-0.4, -0.2) is 24.1 Å². The minimum Gasteiger partial charge on any atom is -0.495 e. The number of rotatable bonds is 4. The molecule has 4 aliphatic rings. The number of halogens is 1. The van der Waals surface area contributed by atoms with E-state index in [0.29, 0.717) is 28.3 Å². The highest BCUT2D eigenvalue weighted by molar-refractivity contribution is 6.31. The maximum absolute atomic E-state index is 12.9. The van der Waals surface area contributed by atoms with Crippen molar-refractivity contribution in [3.8, 4) is 5.75 Å². The van der Waals surface area contributed by atoms with E-state index in [1.165, 1.54) is 7.11 Å². The highest BCUT2D eigenvalue weighted by Crippen LogP contribution is 2.63. The number of carboxylic acid groups (broad SMARTS) is 1. The number of fused-ring (bicyclic) bond motifs is 1. The molecule has 6 atom stereocenters. The van der Waals surface area contributed by atoms with Crippen LogP contribution >= 0.6 is 11.6 Å². The van der Waals surface area contributed by atoms with Crippen LogP contribution in [-0.2, 0) is 9.59 Å². The fourth-order valence-electron chi connectivity index (χ4n) is 4.56. The number of allylic oxidation sites excluding steroid dienone is 2. The highest BCUT2D eigenvalue weighted by Gasteiger charge is 2.63. The summed E-state index contributed by atoms with van der Waals surface area (Å²) in [5, 5.41) is 13.0. The number of hydrogen-bond donors (Lipinski definition) is 2. The molecule has 2 N–H and O–H groups in total. The van der Waals surface area contributed by atoms with Crippen molar-refractivity contribution in [3.05, 3.63) is 35.4 Å². The summed E-state index contributed by atoms with van der Waals surface area (Å²) >= 11 is 6.00. The Balaban J connectivity index is 1.63. The lowest BCUT2D eigenvalue weighted by Gasteiger charge is -2.41. The van der Waals surface area contributed by atoms with Gasteiger partial charge in [-0.2, -0.15) is 0 Å². The van der Waals surface area contributed by atoms with Crippen LogP contribution in [0, 0.1) is 35.5 Å². The summed E-state index contributed by atoms with van der Waals surface area (Å²) in [6.07, 6.45) is 5.06. The van der Waals surface area contributed by atoms with Crippen molar-refractivity contribution in [1.82, 2.24) is 0 Å². The SMILES string of the molecule is COc1ccc(Cl)cc1NC(=O)[C@@H]1[C@H]2C=C[C@@H]([C@@H]3C[C@@H]23)[C@H]1C(=O)O. The van der Waals surface area contributed by atoms with Crippen molar-refractivity contribution in [2.75, 3.05) is 12.4 Å². The third-order valence-corrected chi connectivity index (χ3v) is 5.89. The van der Waals surface area contributed by atoms with E-state index >= 15 is 0 Å². The van der Waals surface area contributed by atoms with Gasteiger partial charge in [0.25, 0.3) is 0 Å². The van der Waals surface area contributed by atoms with Crippen molar-refractivity contribution in [2.24, 2.45) is 35.5 Å². The molecule has 1 aromatic carbocycles. The van der Waals surface area contributed by atoms with E-state index in [2.05, 4.69) is 5.32 Å². The minimum absolute atomic E-state index is 0.00581. The molecule has 1 aromatic rings. The predicted octanol–water partition coefficient (Wildman–Crippen LogP) is 3.06. The molecule has 0 spiro atoms. The Labute approximate surface area is 144 Å². The monoisotopic (exact) mass is 347 g/mol. The van der Waals surface area contributed by atoms with Crippen LogP contribution in [0.15, 0.2) is 30.4 Å². The summed E-state index contributed by atoms with van der Waals surface area (Å²) in [5.41, 5.74) is 0.469. The first-order valence-corrected chi connectivity index (χ1v) is 8.44. The lowest BCUT2D eigenvalue weighted by molar-refractivity contribution is -0.152. The number of hydrogen-bond acceptors (Lipinski definition) is 3. The second kappa shape index (κ2) is 5.52. The van der Waals surface area contributed by atoms with Gasteiger partial charge in [-0.1, -0.05) is 23.8 Å². The van der Waals surface area contributed by atoms with Crippen molar-refractivity contribution >= 4 is 29.2 Å². The van der Waals surface area contributed by atoms with Gasteiger partial charge in [-0.3, -0.25) is 9.59 Å². The molecule has 0 saturated heterocycles. The number of aliphatic carboxylic acids is 1. The van der Waals surface area contributed by atoms with Crippen LogP contribution in [0.2, 0.25) is 5.02 Å². The van der Waals surface area contributed by atoms with Gasteiger partial charge < -0.3 is 15.2 Å². The van der Waals surface area contributed by atoms with Gasteiger partial charge in [0, 0.05) is 5.02 Å². The summed E-state index contributed by atoms with van der Waals surface area (Å²) in [6.45, 7) is 0. The average Bonchev–Trinajstić information content (AvgIpc) is 3.36. The van der Waals surface area contributed by atoms with E-state index in [1.807, 2.05) is 12.2 Å². The molecule has 5 nitrogen and oxygen atoms in total. The van der Waals surface area contributed by atoms with Gasteiger partial charge in [-0.05, 0) is 48.3 Å². The van der Waals surface area contributed by atoms with E-state index in [0.717, 1.165) is 6.42 Å². The van der Waals surface area contributed by atoms with Gasteiger partial charge in [-0.15, -0.1) is 0 Å². The minimum atomic E-state index is -0.891. The quantitative estimate of drug-likeness (QED) is 0.821. The lowest BCUT2D eigenvalue weighted by atomic mass is 9.62. The molecule has 0 aromatic heterocycles. The second-order valence-electron chi connectivity index (χ2n) is 6.83. The number of carbonyl (C=O) groups is 2. The van der Waals surface area contributed by atoms with Gasteiger partial charge in [0.15, 0.2) is 0 Å². The second-order valence-corrected chi connectivity index (χ2v) is 7.26. The highest BCUT2D eigenvalue weighted by atomic mass is 35.5. The van der Waals surface area contributed by atoms with Gasteiger partial charge in [-0.25, -0.2) is 0 Å². The molecule has 24 heavy (non-hydrogen) atoms. The molecule has 0 unspecified atom stereocenters. The number of carbonyl (C=O) groups excluding carboxylic acids is 1. The molecule has 0 radical (unpaired) electrons. The Morgan fingerprint density at radius 3 is 2.50 bits per heavy atom. The Bertz CT molecular complexity index is 747. The van der Waals surface area contributed by atoms with Gasteiger partial charge in [0.05, 0.1) is 24.6 Å². The van der Waals surface area contributed by atoms with Crippen LogP contribution in [0.5, 0.6) is 5.75 Å². The van der Waals surface area contributed by atoms with Crippen molar-refractivity contribution in [2.45, 2.75) is 6.42 Å². The number of amides is 1. The molecule has 1 amide bonds. The number of carboxylic acids is 1. The third-order valence-electron chi connectivity index (χ3n) is 5.66. The first kappa shape index (κ1) is 15.5. The van der Waals surface area contributed by atoms with Crippen LogP contribution in [0.4, 0.5) is 5.69 Å². The number of ether oxygens (including phenoxy) is 1. The first-order chi connectivity index (χ1) is 11.5. The molecule has 4 aliphatic carbocycles. The Kier molecular flexibility index (Phi) is 3.57. The van der Waals surface area contributed by atoms with E-state index in [1.54, 1.807) is 18.2 Å². The first-order valence-electron chi connectivity index (χ1n) is 8.07. The van der Waals surface area contributed by atoms with Gasteiger partial charge in [0.1, 0.15) is 5.75 Å². The predicted molar refractivity (Wildman–Crippen MR) is 89.0 cm³/mol. The van der Waals surface area contributed by atoms with Crippen LogP contribution < -0.4 is 10.1 Å². The van der Waals surface area contributed by atoms with Crippen LogP contribution in [0.25, 0.3) is 0 Å². The Hall–Kier alpha value is -2.01. The summed E-state index contributed by atoms with van der Waals surface area (Å²) in [6, 6.07) is 4.97. The molecule has 126 valence electrons. The van der Waals surface area contributed by atoms with Crippen molar-refractivity contribution in [3.63, 3.8) is 0 Å². The van der Waals surface area contributed by atoms with Gasteiger partial charge in [0.2, 0.25) is 5.91 Å². The van der Waals surface area contributed by atoms with Crippen molar-refractivity contribution < 1.29 is 19.4 Å². The number of nitrogens with one attached hydrogen (secondary N) is 1. The average molecular weight is 348 g/mol. The molecule has 2 bridgehead atoms. The Morgan fingerprint density at radius 1 is 1.21 bits per heavy atom. The standard InChI is InChI=1S/C18H18ClNO4/c1-24-14-5-2-8(19)6-13(14)20-17(21)15-9-3-4-10(12-7-11(9)12)16(15)18(22)23/h2-6,9-12,15-16H,7H2,1H3,(H,20,21)(H,22,23)/t9-,10-,11-,12-,15+,16+/m0/s1. The fraction of sp³-hybridized carbons (Fsp3) is 0.444. The Morgan fingerprint density at radius 2 is 1.88 bits per heavy atom. The molecule has 6 heteroatoms. The number of anilines is 1. The third kappa shape index (κ3) is 2.30. The zero-order chi connectivity index (χ0) is 17.0. The summed E-state index contributed by atoms with van der Waals surface area (Å²) < 4.78 is 5.25. The van der Waals surface area contributed by atoms with Gasteiger partial charge >= 0.3 is 5.97 Å². The zero-order valence-electron chi connectivity index (χ0n) is 13.1. The van der Waals surface area contributed by atoms with Crippen LogP contribution in [0.1, 0.15) is 6.42 Å².